The fourth-order valence-corrected chi connectivity index (χ4v) is 4.84. The third-order valence-corrected chi connectivity index (χ3v) is 6.05. The van der Waals surface area contributed by atoms with Crippen LogP contribution in [0.25, 0.3) is 0 Å². The minimum absolute atomic E-state index is 0.107. The quantitative estimate of drug-likeness (QED) is 0.857. The van der Waals surface area contributed by atoms with Crippen molar-refractivity contribution in [3.05, 3.63) is 41.7 Å². The van der Waals surface area contributed by atoms with Gasteiger partial charge in [0.25, 0.3) is 0 Å². The van der Waals surface area contributed by atoms with Crippen molar-refractivity contribution in [3.63, 3.8) is 0 Å². The first-order valence-corrected chi connectivity index (χ1v) is 10.1. The van der Waals surface area contributed by atoms with Crippen molar-refractivity contribution in [2.24, 2.45) is 0 Å². The van der Waals surface area contributed by atoms with Crippen LogP contribution in [0.5, 0.6) is 0 Å². The highest BCUT2D eigenvalue weighted by molar-refractivity contribution is 7.91. The van der Waals surface area contributed by atoms with Crippen LogP contribution in [0.15, 0.2) is 24.3 Å². The number of halogens is 2. The van der Waals surface area contributed by atoms with Crippen LogP contribution >= 0.6 is 0 Å². The molecule has 1 atom stereocenters. The molecule has 0 saturated carbocycles. The molecule has 1 aliphatic rings. The standard InChI is InChI=1S/C17H20F2N4O2S/c1-3-23(13-6-7-26(24,25)10-13)17-9-16(20-11(2)21-17)22-12-4-5-14(18)15(19)8-12/h4-5,8-9,13H,3,6-7,10H2,1-2H3,(H,20,21,22). The van der Waals surface area contributed by atoms with E-state index < -0.39 is 21.5 Å². The summed E-state index contributed by atoms with van der Waals surface area (Å²) in [6.45, 7) is 4.26. The van der Waals surface area contributed by atoms with Gasteiger partial charge in [-0.25, -0.2) is 27.2 Å². The fourth-order valence-electron chi connectivity index (χ4n) is 3.11. The second-order valence-electron chi connectivity index (χ2n) is 6.26. The maximum Gasteiger partial charge on any atom is 0.160 e. The molecule has 1 fully saturated rings. The van der Waals surface area contributed by atoms with Crippen molar-refractivity contribution in [3.8, 4) is 0 Å². The van der Waals surface area contributed by atoms with Crippen LogP contribution in [0.1, 0.15) is 19.2 Å². The average Bonchev–Trinajstić information content (AvgIpc) is 2.91. The van der Waals surface area contributed by atoms with E-state index in [2.05, 4.69) is 15.3 Å². The van der Waals surface area contributed by atoms with Gasteiger partial charge in [-0.05, 0) is 32.4 Å². The van der Waals surface area contributed by atoms with Crippen LogP contribution in [-0.4, -0.2) is 42.5 Å². The van der Waals surface area contributed by atoms with Crippen LogP contribution in [0, 0.1) is 18.6 Å². The lowest BCUT2D eigenvalue weighted by molar-refractivity contribution is 0.509. The summed E-state index contributed by atoms with van der Waals surface area (Å²) in [5, 5.41) is 2.94. The number of anilines is 3. The fraction of sp³-hybridized carbons (Fsp3) is 0.412. The SMILES string of the molecule is CCN(c1cc(Nc2ccc(F)c(F)c2)nc(C)n1)C1CCS(=O)(=O)C1. The Balaban J connectivity index is 1.87. The van der Waals surface area contributed by atoms with Gasteiger partial charge in [-0.15, -0.1) is 0 Å². The molecular weight excluding hydrogens is 362 g/mol. The molecule has 6 nitrogen and oxygen atoms in total. The molecule has 0 radical (unpaired) electrons. The molecule has 140 valence electrons. The average molecular weight is 382 g/mol. The Morgan fingerprint density at radius 2 is 2.00 bits per heavy atom. The van der Waals surface area contributed by atoms with E-state index in [0.717, 1.165) is 12.1 Å². The largest absolute Gasteiger partial charge is 0.353 e. The Morgan fingerprint density at radius 3 is 2.62 bits per heavy atom. The number of hydrogen-bond acceptors (Lipinski definition) is 6. The predicted molar refractivity (Wildman–Crippen MR) is 96.5 cm³/mol. The van der Waals surface area contributed by atoms with E-state index in [9.17, 15) is 17.2 Å². The summed E-state index contributed by atoms with van der Waals surface area (Å²) in [5.74, 6) is -0.0625. The third-order valence-electron chi connectivity index (χ3n) is 4.30. The van der Waals surface area contributed by atoms with Gasteiger partial charge in [-0.2, -0.15) is 0 Å². The summed E-state index contributed by atoms with van der Waals surface area (Å²) >= 11 is 0. The predicted octanol–water partition coefficient (Wildman–Crippen LogP) is 2.82. The second kappa shape index (κ2) is 7.14. The number of sulfone groups is 1. The van der Waals surface area contributed by atoms with E-state index in [0.29, 0.717) is 36.1 Å². The Labute approximate surface area is 151 Å². The Hall–Kier alpha value is -2.29. The van der Waals surface area contributed by atoms with Gasteiger partial charge in [0, 0.05) is 30.4 Å². The number of aromatic nitrogens is 2. The minimum atomic E-state index is -3.01. The van der Waals surface area contributed by atoms with Crippen LogP contribution in [-0.2, 0) is 9.84 Å². The highest BCUT2D eigenvalue weighted by atomic mass is 32.2. The molecule has 9 heteroatoms. The Bertz CT molecular complexity index is 921. The number of hydrogen-bond donors (Lipinski definition) is 1. The molecule has 1 aliphatic heterocycles. The van der Waals surface area contributed by atoms with Gasteiger partial charge >= 0.3 is 0 Å². The Morgan fingerprint density at radius 1 is 1.23 bits per heavy atom. The lowest BCUT2D eigenvalue weighted by Gasteiger charge is -2.28. The van der Waals surface area contributed by atoms with Crippen LogP contribution in [0.4, 0.5) is 26.1 Å². The maximum atomic E-state index is 13.4. The first-order valence-electron chi connectivity index (χ1n) is 8.32. The molecule has 0 spiro atoms. The topological polar surface area (TPSA) is 75.2 Å². The monoisotopic (exact) mass is 382 g/mol. The van der Waals surface area contributed by atoms with Crippen molar-refractivity contribution in [1.82, 2.24) is 9.97 Å². The second-order valence-corrected chi connectivity index (χ2v) is 8.48. The molecule has 1 aromatic carbocycles. The molecule has 1 unspecified atom stereocenters. The zero-order valence-corrected chi connectivity index (χ0v) is 15.4. The highest BCUT2D eigenvalue weighted by Crippen LogP contribution is 2.26. The van der Waals surface area contributed by atoms with Gasteiger partial charge < -0.3 is 10.2 Å². The van der Waals surface area contributed by atoms with Gasteiger partial charge in [0.2, 0.25) is 0 Å². The summed E-state index contributed by atoms with van der Waals surface area (Å²) in [4.78, 5) is 10.6. The maximum absolute atomic E-state index is 13.4. The number of nitrogens with zero attached hydrogens (tertiary/aromatic N) is 3. The van der Waals surface area contributed by atoms with Crippen molar-refractivity contribution in [2.45, 2.75) is 26.3 Å². The number of rotatable bonds is 5. The van der Waals surface area contributed by atoms with Crippen molar-refractivity contribution in [2.75, 3.05) is 28.3 Å². The molecule has 2 aromatic rings. The Kier molecular flexibility index (Phi) is 5.08. The van der Waals surface area contributed by atoms with Gasteiger partial charge in [0.05, 0.1) is 11.5 Å². The summed E-state index contributed by atoms with van der Waals surface area (Å²) < 4.78 is 50.0. The first kappa shape index (κ1) is 18.5. The lowest BCUT2D eigenvalue weighted by atomic mass is 10.2. The minimum Gasteiger partial charge on any atom is -0.353 e. The summed E-state index contributed by atoms with van der Waals surface area (Å²) in [6.07, 6.45) is 0.561. The highest BCUT2D eigenvalue weighted by Gasteiger charge is 2.32. The zero-order valence-electron chi connectivity index (χ0n) is 14.5. The van der Waals surface area contributed by atoms with E-state index in [1.54, 1.807) is 13.0 Å². The van der Waals surface area contributed by atoms with Crippen LogP contribution in [0.3, 0.4) is 0 Å². The summed E-state index contributed by atoms with van der Waals surface area (Å²) in [7, 11) is -3.01. The molecule has 1 aromatic heterocycles. The summed E-state index contributed by atoms with van der Waals surface area (Å²) in [5.41, 5.74) is 0.361. The molecular formula is C17H20F2N4O2S. The molecule has 0 aliphatic carbocycles. The number of nitrogens with one attached hydrogen (secondary N) is 1. The van der Waals surface area contributed by atoms with E-state index in [4.69, 9.17) is 0 Å². The molecule has 0 bridgehead atoms. The smallest absolute Gasteiger partial charge is 0.160 e. The molecule has 3 rings (SSSR count). The van der Waals surface area contributed by atoms with Gasteiger partial charge in [-0.1, -0.05) is 0 Å². The third kappa shape index (κ3) is 4.09. The van der Waals surface area contributed by atoms with Gasteiger partial charge in [-0.3, -0.25) is 0 Å². The molecule has 1 N–H and O–H groups in total. The van der Waals surface area contributed by atoms with E-state index >= 15 is 0 Å². The van der Waals surface area contributed by atoms with Gasteiger partial charge in [0.15, 0.2) is 21.5 Å². The van der Waals surface area contributed by atoms with E-state index in [1.807, 2.05) is 11.8 Å². The summed E-state index contributed by atoms with van der Waals surface area (Å²) in [6, 6.07) is 5.05. The molecule has 0 amide bonds. The normalized spacial score (nSPS) is 18.7. The molecule has 2 heterocycles. The van der Waals surface area contributed by atoms with E-state index in [-0.39, 0.29) is 17.5 Å². The van der Waals surface area contributed by atoms with Crippen molar-refractivity contribution < 1.29 is 17.2 Å². The van der Waals surface area contributed by atoms with E-state index in [1.165, 1.54) is 6.07 Å². The molecule has 1 saturated heterocycles. The van der Waals surface area contributed by atoms with Crippen molar-refractivity contribution in [1.29, 1.82) is 0 Å². The van der Waals surface area contributed by atoms with Gasteiger partial charge in [0.1, 0.15) is 17.5 Å². The number of aryl methyl sites for hydroxylation is 1. The molecule has 26 heavy (non-hydrogen) atoms. The number of benzene rings is 1. The lowest BCUT2D eigenvalue weighted by Crippen LogP contribution is -2.37. The van der Waals surface area contributed by atoms with Crippen molar-refractivity contribution >= 4 is 27.2 Å². The zero-order chi connectivity index (χ0) is 18.9. The van der Waals surface area contributed by atoms with Crippen LogP contribution in [0.2, 0.25) is 0 Å². The van der Waals surface area contributed by atoms with Crippen LogP contribution < -0.4 is 10.2 Å². The first-order chi connectivity index (χ1) is 12.3.